The highest BCUT2D eigenvalue weighted by Crippen LogP contribution is 2.24. The molecule has 1 rings (SSSR count). The van der Waals surface area contributed by atoms with Crippen LogP contribution in [0.15, 0.2) is 12.1 Å². The second-order valence-electron chi connectivity index (χ2n) is 5.06. The van der Waals surface area contributed by atoms with Gasteiger partial charge in [-0.05, 0) is 49.9 Å². The second kappa shape index (κ2) is 6.57. The summed E-state index contributed by atoms with van der Waals surface area (Å²) >= 11 is 0. The predicted octanol–water partition coefficient (Wildman–Crippen LogP) is 1.66. The number of hydrogen-bond donors (Lipinski definition) is 1. The van der Waals surface area contributed by atoms with Crippen LogP contribution in [0, 0.1) is 13.8 Å². The van der Waals surface area contributed by atoms with Crippen LogP contribution in [0.3, 0.4) is 0 Å². The molecule has 19 heavy (non-hydrogen) atoms. The van der Waals surface area contributed by atoms with E-state index in [-0.39, 0.29) is 5.91 Å². The molecule has 0 saturated heterocycles. The zero-order chi connectivity index (χ0) is 14.6. The molecule has 2 N–H and O–H groups in total. The molecule has 106 valence electrons. The van der Waals surface area contributed by atoms with Gasteiger partial charge >= 0.3 is 0 Å². The van der Waals surface area contributed by atoms with E-state index >= 15 is 0 Å². The molecule has 0 bridgehead atoms. The third-order valence-corrected chi connectivity index (χ3v) is 3.26. The minimum Gasteiger partial charge on any atom is -0.496 e. The summed E-state index contributed by atoms with van der Waals surface area (Å²) < 4.78 is 5.42. The Balaban J connectivity index is 2.80. The molecular weight excluding hydrogens is 240 g/mol. The molecule has 1 aromatic carbocycles. The van der Waals surface area contributed by atoms with Crippen LogP contribution in [0.25, 0.3) is 0 Å². The number of benzene rings is 1. The van der Waals surface area contributed by atoms with Crippen LogP contribution in [0.1, 0.15) is 23.6 Å². The fourth-order valence-corrected chi connectivity index (χ4v) is 2.20. The maximum atomic E-state index is 11.7. The van der Waals surface area contributed by atoms with Gasteiger partial charge in [0.05, 0.1) is 13.2 Å². The van der Waals surface area contributed by atoms with E-state index in [0.717, 1.165) is 17.7 Å². The standard InChI is InChI=1S/C15H24N2O2/c1-10-8-11(2)13(14(9-10)19-5)6-7-17(4)15(18)12(3)16/h8-9,12H,6-7,16H2,1-5H3. The normalized spacial score (nSPS) is 12.1. The summed E-state index contributed by atoms with van der Waals surface area (Å²) in [6.07, 6.45) is 0.768. The molecule has 4 nitrogen and oxygen atoms in total. The quantitative estimate of drug-likeness (QED) is 0.880. The fraction of sp³-hybridized carbons (Fsp3) is 0.533. The number of hydrogen-bond acceptors (Lipinski definition) is 3. The average Bonchev–Trinajstić information content (AvgIpc) is 2.35. The molecule has 0 heterocycles. The van der Waals surface area contributed by atoms with Gasteiger partial charge in [-0.3, -0.25) is 4.79 Å². The van der Waals surface area contributed by atoms with Crippen molar-refractivity contribution < 1.29 is 9.53 Å². The summed E-state index contributed by atoms with van der Waals surface area (Å²) in [6.45, 7) is 6.46. The summed E-state index contributed by atoms with van der Waals surface area (Å²) in [5, 5.41) is 0. The molecule has 4 heteroatoms. The predicted molar refractivity (Wildman–Crippen MR) is 77.5 cm³/mol. The van der Waals surface area contributed by atoms with Crippen LogP contribution < -0.4 is 10.5 Å². The largest absolute Gasteiger partial charge is 0.496 e. The zero-order valence-corrected chi connectivity index (χ0v) is 12.5. The highest BCUT2D eigenvalue weighted by molar-refractivity contribution is 5.80. The van der Waals surface area contributed by atoms with Crippen molar-refractivity contribution in [3.8, 4) is 5.75 Å². The molecule has 0 fully saturated rings. The molecule has 0 spiro atoms. The number of likely N-dealkylation sites (N-methyl/N-ethyl adjacent to an activating group) is 1. The Morgan fingerprint density at radius 2 is 2.05 bits per heavy atom. The van der Waals surface area contributed by atoms with Gasteiger partial charge in [-0.15, -0.1) is 0 Å². The first-order valence-corrected chi connectivity index (χ1v) is 6.51. The fourth-order valence-electron chi connectivity index (χ4n) is 2.20. The lowest BCUT2D eigenvalue weighted by Gasteiger charge is -2.21. The van der Waals surface area contributed by atoms with Crippen LogP contribution in [-0.2, 0) is 11.2 Å². The number of amides is 1. The minimum absolute atomic E-state index is 0.0382. The zero-order valence-electron chi connectivity index (χ0n) is 12.5. The minimum atomic E-state index is -0.453. The van der Waals surface area contributed by atoms with E-state index < -0.39 is 6.04 Å². The van der Waals surface area contributed by atoms with Crippen LogP contribution in [0.5, 0.6) is 5.75 Å². The van der Waals surface area contributed by atoms with Crippen LogP contribution >= 0.6 is 0 Å². The van der Waals surface area contributed by atoms with Gasteiger partial charge in [0.15, 0.2) is 0 Å². The Bertz CT molecular complexity index is 456. The Hall–Kier alpha value is -1.55. The van der Waals surface area contributed by atoms with Gasteiger partial charge < -0.3 is 15.4 Å². The molecule has 1 amide bonds. The van der Waals surface area contributed by atoms with Gasteiger partial charge in [0.1, 0.15) is 5.75 Å². The van der Waals surface area contributed by atoms with E-state index in [4.69, 9.17) is 10.5 Å². The van der Waals surface area contributed by atoms with Crippen molar-refractivity contribution in [3.63, 3.8) is 0 Å². The maximum Gasteiger partial charge on any atom is 0.238 e. The Morgan fingerprint density at radius 1 is 1.42 bits per heavy atom. The summed E-state index contributed by atoms with van der Waals surface area (Å²) in [4.78, 5) is 13.4. The highest BCUT2D eigenvalue weighted by atomic mass is 16.5. The Morgan fingerprint density at radius 3 is 2.58 bits per heavy atom. The van der Waals surface area contributed by atoms with Crippen molar-refractivity contribution >= 4 is 5.91 Å². The van der Waals surface area contributed by atoms with Gasteiger partial charge in [0, 0.05) is 13.6 Å². The molecule has 1 aromatic rings. The van der Waals surface area contributed by atoms with E-state index in [9.17, 15) is 4.79 Å². The highest BCUT2D eigenvalue weighted by Gasteiger charge is 2.15. The van der Waals surface area contributed by atoms with Crippen molar-refractivity contribution in [1.82, 2.24) is 4.90 Å². The summed E-state index contributed by atoms with van der Waals surface area (Å²) in [7, 11) is 3.45. The molecule has 0 aliphatic heterocycles. The van der Waals surface area contributed by atoms with E-state index in [0.29, 0.717) is 6.54 Å². The van der Waals surface area contributed by atoms with Crippen molar-refractivity contribution in [1.29, 1.82) is 0 Å². The maximum absolute atomic E-state index is 11.7. The Kier molecular flexibility index (Phi) is 5.36. The van der Waals surface area contributed by atoms with E-state index in [2.05, 4.69) is 13.0 Å². The third-order valence-electron chi connectivity index (χ3n) is 3.26. The molecular formula is C15H24N2O2. The number of nitrogens with two attached hydrogens (primary N) is 1. The molecule has 0 aliphatic rings. The van der Waals surface area contributed by atoms with Crippen LogP contribution in [0.4, 0.5) is 0 Å². The Labute approximate surface area is 115 Å². The van der Waals surface area contributed by atoms with E-state index in [1.54, 1.807) is 26.0 Å². The van der Waals surface area contributed by atoms with Gasteiger partial charge in [-0.2, -0.15) is 0 Å². The van der Waals surface area contributed by atoms with E-state index in [1.807, 2.05) is 13.0 Å². The monoisotopic (exact) mass is 264 g/mol. The number of carbonyl (C=O) groups excluding carboxylic acids is 1. The average molecular weight is 264 g/mol. The second-order valence-corrected chi connectivity index (χ2v) is 5.06. The number of ether oxygens (including phenoxy) is 1. The topological polar surface area (TPSA) is 55.6 Å². The van der Waals surface area contributed by atoms with Crippen molar-refractivity contribution in [2.45, 2.75) is 33.2 Å². The lowest BCUT2D eigenvalue weighted by molar-refractivity contribution is -0.130. The first kappa shape index (κ1) is 15.5. The number of nitrogens with zero attached hydrogens (tertiary/aromatic N) is 1. The molecule has 1 unspecified atom stereocenters. The third kappa shape index (κ3) is 3.96. The molecule has 0 aromatic heterocycles. The number of carbonyl (C=O) groups is 1. The first-order chi connectivity index (χ1) is 8.86. The first-order valence-electron chi connectivity index (χ1n) is 6.51. The molecule has 0 saturated carbocycles. The summed E-state index contributed by atoms with van der Waals surface area (Å²) in [5.74, 6) is 0.850. The van der Waals surface area contributed by atoms with Crippen LogP contribution in [-0.4, -0.2) is 37.6 Å². The van der Waals surface area contributed by atoms with Gasteiger partial charge in [-0.1, -0.05) is 6.07 Å². The number of rotatable bonds is 5. The molecule has 0 radical (unpaired) electrons. The van der Waals surface area contributed by atoms with E-state index in [1.165, 1.54) is 11.1 Å². The summed E-state index contributed by atoms with van der Waals surface area (Å²) in [6, 6.07) is 3.70. The molecule has 1 atom stereocenters. The SMILES string of the molecule is COc1cc(C)cc(C)c1CCN(C)C(=O)C(C)N. The number of aryl methyl sites for hydroxylation is 2. The van der Waals surface area contributed by atoms with Gasteiger partial charge in [0.2, 0.25) is 5.91 Å². The van der Waals surface area contributed by atoms with Crippen molar-refractivity contribution in [3.05, 3.63) is 28.8 Å². The smallest absolute Gasteiger partial charge is 0.238 e. The molecule has 0 aliphatic carbocycles. The lowest BCUT2D eigenvalue weighted by Crippen LogP contribution is -2.40. The lowest BCUT2D eigenvalue weighted by atomic mass is 10.0. The number of methoxy groups -OCH3 is 1. The van der Waals surface area contributed by atoms with Crippen LogP contribution in [0.2, 0.25) is 0 Å². The van der Waals surface area contributed by atoms with Crippen molar-refractivity contribution in [2.75, 3.05) is 20.7 Å². The van der Waals surface area contributed by atoms with Gasteiger partial charge in [-0.25, -0.2) is 0 Å². The van der Waals surface area contributed by atoms with Gasteiger partial charge in [0.25, 0.3) is 0 Å². The summed E-state index contributed by atoms with van der Waals surface area (Å²) in [5.41, 5.74) is 9.12. The van der Waals surface area contributed by atoms with Crippen molar-refractivity contribution in [2.24, 2.45) is 5.73 Å².